The van der Waals surface area contributed by atoms with Crippen molar-refractivity contribution < 1.29 is 14.3 Å². The van der Waals surface area contributed by atoms with Crippen molar-refractivity contribution in [2.75, 3.05) is 39.4 Å². The number of amides is 2. The van der Waals surface area contributed by atoms with Crippen LogP contribution in [-0.4, -0.2) is 61.0 Å². The molecule has 26 heavy (non-hydrogen) atoms. The molecule has 4 rings (SSSR count). The Morgan fingerprint density at radius 1 is 1.08 bits per heavy atom. The minimum absolute atomic E-state index is 0.161. The van der Waals surface area contributed by atoms with Gasteiger partial charge in [-0.2, -0.15) is 0 Å². The van der Waals surface area contributed by atoms with E-state index >= 15 is 0 Å². The molecule has 0 N–H and O–H groups in total. The van der Waals surface area contributed by atoms with Gasteiger partial charge in [0.25, 0.3) is 0 Å². The highest BCUT2D eigenvalue weighted by Crippen LogP contribution is 2.40. The highest BCUT2D eigenvalue weighted by Gasteiger charge is 2.53. The lowest BCUT2D eigenvalue weighted by Gasteiger charge is -2.52. The first-order chi connectivity index (χ1) is 12.6. The minimum atomic E-state index is -0.509. The quantitative estimate of drug-likeness (QED) is 0.810. The van der Waals surface area contributed by atoms with Crippen molar-refractivity contribution in [3.05, 3.63) is 34.9 Å². The monoisotopic (exact) mass is 376 g/mol. The molecule has 0 aromatic heterocycles. The average molecular weight is 377 g/mol. The maximum Gasteiger partial charge on any atom is 0.232 e. The van der Waals surface area contributed by atoms with Crippen molar-refractivity contribution >= 4 is 23.4 Å². The Labute approximate surface area is 159 Å². The minimum Gasteiger partial charge on any atom is -0.378 e. The molecule has 1 aromatic rings. The first kappa shape index (κ1) is 17.8. The lowest BCUT2D eigenvalue weighted by atomic mass is 9.72. The zero-order chi connectivity index (χ0) is 18.1. The first-order valence-electron chi connectivity index (χ1n) is 9.48. The number of rotatable bonds is 4. The molecule has 2 amide bonds. The summed E-state index contributed by atoms with van der Waals surface area (Å²) >= 11 is 6.00. The van der Waals surface area contributed by atoms with Crippen molar-refractivity contribution in [2.45, 2.75) is 25.7 Å². The summed E-state index contributed by atoms with van der Waals surface area (Å²) in [5.74, 6) is 0.577. The van der Waals surface area contributed by atoms with Gasteiger partial charge in [0.1, 0.15) is 0 Å². The molecule has 6 heteroatoms. The van der Waals surface area contributed by atoms with Crippen molar-refractivity contribution in [1.82, 2.24) is 9.80 Å². The molecule has 0 radical (unpaired) electrons. The number of halogens is 1. The number of carbonyl (C=O) groups excluding carboxylic acids is 2. The molecule has 3 aliphatic rings. The van der Waals surface area contributed by atoms with Crippen molar-refractivity contribution in [3.63, 3.8) is 0 Å². The van der Waals surface area contributed by atoms with Gasteiger partial charge in [0.05, 0.1) is 18.6 Å². The Morgan fingerprint density at radius 2 is 1.73 bits per heavy atom. The first-order valence-corrected chi connectivity index (χ1v) is 9.86. The summed E-state index contributed by atoms with van der Waals surface area (Å²) in [6.07, 6.45) is 3.79. The van der Waals surface area contributed by atoms with Crippen LogP contribution in [0, 0.1) is 11.3 Å². The number of nitrogens with zero attached hydrogens (tertiary/aromatic N) is 2. The highest BCUT2D eigenvalue weighted by atomic mass is 35.5. The third-order valence-electron chi connectivity index (χ3n) is 5.96. The molecule has 1 aromatic carbocycles. The smallest absolute Gasteiger partial charge is 0.232 e. The Bertz CT molecular complexity index is 675. The highest BCUT2D eigenvalue weighted by molar-refractivity contribution is 6.30. The number of morpholine rings is 1. The van der Waals surface area contributed by atoms with Crippen LogP contribution < -0.4 is 0 Å². The molecule has 2 heterocycles. The maximum absolute atomic E-state index is 13.3. The molecule has 140 valence electrons. The topological polar surface area (TPSA) is 49.9 Å². The van der Waals surface area contributed by atoms with Gasteiger partial charge in [-0.05, 0) is 37.0 Å². The number of hydrogen-bond acceptors (Lipinski definition) is 3. The standard InChI is InChI=1S/C20H25ClN2O3/c21-17-6-4-15(5-7-17)12-20(19(25)22-8-10-26-11-9-22)13-23(14-20)18(24)16-2-1-3-16/h4-7,16H,1-3,8-14H2. The second-order valence-corrected chi connectivity index (χ2v) is 8.25. The molecule has 0 unspecified atom stereocenters. The summed E-state index contributed by atoms with van der Waals surface area (Å²) in [6.45, 7) is 3.51. The van der Waals surface area contributed by atoms with E-state index < -0.39 is 5.41 Å². The fourth-order valence-electron chi connectivity index (χ4n) is 4.17. The molecule has 5 nitrogen and oxygen atoms in total. The lowest BCUT2D eigenvalue weighted by Crippen LogP contribution is -2.67. The Kier molecular flexibility index (Phi) is 4.93. The molecule has 3 fully saturated rings. The van der Waals surface area contributed by atoms with Gasteiger partial charge in [0.15, 0.2) is 0 Å². The number of likely N-dealkylation sites (tertiary alicyclic amines) is 1. The van der Waals surface area contributed by atoms with Crippen molar-refractivity contribution in [2.24, 2.45) is 11.3 Å². The summed E-state index contributed by atoms with van der Waals surface area (Å²) in [6, 6.07) is 7.68. The SMILES string of the molecule is O=C(C1CCC1)N1CC(Cc2ccc(Cl)cc2)(C(=O)N2CCOCC2)C1. The fourth-order valence-corrected chi connectivity index (χ4v) is 4.30. The summed E-state index contributed by atoms with van der Waals surface area (Å²) in [5.41, 5.74) is 0.580. The Balaban J connectivity index is 1.50. The van der Waals surface area contributed by atoms with E-state index in [1.807, 2.05) is 34.1 Å². The Hall–Kier alpha value is -1.59. The molecule has 0 spiro atoms. The van der Waals surface area contributed by atoms with Crippen LogP contribution in [0.1, 0.15) is 24.8 Å². The van der Waals surface area contributed by atoms with E-state index in [1.54, 1.807) is 0 Å². The Morgan fingerprint density at radius 3 is 2.31 bits per heavy atom. The number of ether oxygens (including phenoxy) is 1. The molecule has 1 saturated carbocycles. The number of benzene rings is 1. The summed E-state index contributed by atoms with van der Waals surface area (Å²) in [7, 11) is 0. The van der Waals surface area contributed by atoms with E-state index in [-0.39, 0.29) is 17.7 Å². The van der Waals surface area contributed by atoms with Gasteiger partial charge < -0.3 is 14.5 Å². The number of hydrogen-bond donors (Lipinski definition) is 0. The van der Waals surface area contributed by atoms with Crippen LogP contribution in [0.25, 0.3) is 0 Å². The van der Waals surface area contributed by atoms with E-state index in [4.69, 9.17) is 16.3 Å². The van der Waals surface area contributed by atoms with Gasteiger partial charge in [-0.25, -0.2) is 0 Å². The second-order valence-electron chi connectivity index (χ2n) is 7.81. The zero-order valence-corrected chi connectivity index (χ0v) is 15.7. The predicted octanol–water partition coefficient (Wildman–Crippen LogP) is 2.37. The van der Waals surface area contributed by atoms with Gasteiger partial charge in [-0.15, -0.1) is 0 Å². The van der Waals surface area contributed by atoms with E-state index in [9.17, 15) is 9.59 Å². The van der Waals surface area contributed by atoms with Crippen LogP contribution in [0.15, 0.2) is 24.3 Å². The maximum atomic E-state index is 13.3. The van der Waals surface area contributed by atoms with Crippen LogP contribution in [0.5, 0.6) is 0 Å². The largest absolute Gasteiger partial charge is 0.378 e. The van der Waals surface area contributed by atoms with Gasteiger partial charge in [-0.1, -0.05) is 30.2 Å². The summed E-state index contributed by atoms with van der Waals surface area (Å²) < 4.78 is 5.39. The molecule has 1 aliphatic carbocycles. The molecular formula is C20H25ClN2O3. The fraction of sp³-hybridized carbons (Fsp3) is 0.600. The summed E-state index contributed by atoms with van der Waals surface area (Å²) in [4.78, 5) is 29.7. The third-order valence-corrected chi connectivity index (χ3v) is 6.21. The third kappa shape index (κ3) is 3.35. The van der Waals surface area contributed by atoms with Crippen LogP contribution in [0.2, 0.25) is 5.02 Å². The molecule has 0 atom stereocenters. The van der Waals surface area contributed by atoms with E-state index in [1.165, 1.54) is 0 Å². The van der Waals surface area contributed by atoms with E-state index in [0.29, 0.717) is 50.8 Å². The van der Waals surface area contributed by atoms with Gasteiger partial charge in [0.2, 0.25) is 11.8 Å². The van der Waals surface area contributed by atoms with Crippen LogP contribution in [0.3, 0.4) is 0 Å². The lowest BCUT2D eigenvalue weighted by molar-refractivity contribution is -0.166. The van der Waals surface area contributed by atoms with Crippen LogP contribution in [-0.2, 0) is 20.7 Å². The predicted molar refractivity (Wildman–Crippen MR) is 98.9 cm³/mol. The molecule has 0 bridgehead atoms. The average Bonchev–Trinajstić information content (AvgIpc) is 2.58. The van der Waals surface area contributed by atoms with Gasteiger partial charge in [0, 0.05) is 37.1 Å². The van der Waals surface area contributed by atoms with Crippen molar-refractivity contribution in [1.29, 1.82) is 0 Å². The van der Waals surface area contributed by atoms with E-state index in [2.05, 4.69) is 0 Å². The van der Waals surface area contributed by atoms with Crippen LogP contribution >= 0.6 is 11.6 Å². The van der Waals surface area contributed by atoms with Crippen LogP contribution in [0.4, 0.5) is 0 Å². The van der Waals surface area contributed by atoms with E-state index in [0.717, 1.165) is 24.8 Å². The van der Waals surface area contributed by atoms with Crippen molar-refractivity contribution in [3.8, 4) is 0 Å². The van der Waals surface area contributed by atoms with Gasteiger partial charge >= 0.3 is 0 Å². The molecule has 2 saturated heterocycles. The summed E-state index contributed by atoms with van der Waals surface area (Å²) in [5, 5.41) is 0.692. The zero-order valence-electron chi connectivity index (χ0n) is 15.0. The van der Waals surface area contributed by atoms with Gasteiger partial charge in [-0.3, -0.25) is 9.59 Å². The number of carbonyl (C=O) groups is 2. The normalized spacial score (nSPS) is 22.5. The molecule has 2 aliphatic heterocycles. The molecular weight excluding hydrogens is 352 g/mol. The second kappa shape index (κ2) is 7.20.